The highest BCUT2D eigenvalue weighted by atomic mass is 35.5. The van der Waals surface area contributed by atoms with Gasteiger partial charge in [-0.3, -0.25) is 0 Å². The molecule has 0 amide bonds. The maximum Gasteiger partial charge on any atom is 0.141 e. The summed E-state index contributed by atoms with van der Waals surface area (Å²) in [7, 11) is 1.86. The van der Waals surface area contributed by atoms with Gasteiger partial charge >= 0.3 is 0 Å². The van der Waals surface area contributed by atoms with Crippen molar-refractivity contribution in [3.63, 3.8) is 0 Å². The van der Waals surface area contributed by atoms with Crippen LogP contribution < -0.4 is 5.32 Å². The fourth-order valence-corrected chi connectivity index (χ4v) is 2.34. The smallest absolute Gasteiger partial charge is 0.141 e. The SMILES string of the molecule is CNC(Cc1ncnn1C(C)C)c1ccc(F)c(Cl)c1. The number of benzene rings is 1. The molecule has 1 atom stereocenters. The third-order valence-corrected chi connectivity index (χ3v) is 3.51. The summed E-state index contributed by atoms with van der Waals surface area (Å²) in [5.41, 5.74) is 0.928. The standard InChI is InChI=1S/C14H18ClFN4/c1-9(2)20-14(18-8-19-20)7-13(17-3)10-4-5-12(16)11(15)6-10/h4-6,8-9,13,17H,7H2,1-3H3. The molecule has 4 nitrogen and oxygen atoms in total. The van der Waals surface area contributed by atoms with Crippen LogP contribution in [0.5, 0.6) is 0 Å². The number of halogens is 2. The van der Waals surface area contributed by atoms with E-state index in [1.807, 2.05) is 11.7 Å². The van der Waals surface area contributed by atoms with Gasteiger partial charge in [0.2, 0.25) is 0 Å². The molecule has 1 N–H and O–H groups in total. The Labute approximate surface area is 123 Å². The van der Waals surface area contributed by atoms with E-state index in [1.165, 1.54) is 6.07 Å². The second kappa shape index (κ2) is 6.33. The molecular weight excluding hydrogens is 279 g/mol. The van der Waals surface area contributed by atoms with E-state index in [1.54, 1.807) is 18.5 Å². The minimum Gasteiger partial charge on any atom is -0.313 e. The molecule has 1 heterocycles. The normalized spacial score (nSPS) is 12.9. The molecule has 108 valence electrons. The van der Waals surface area contributed by atoms with Crippen LogP contribution in [0.3, 0.4) is 0 Å². The monoisotopic (exact) mass is 296 g/mol. The lowest BCUT2D eigenvalue weighted by Crippen LogP contribution is -2.21. The van der Waals surface area contributed by atoms with Crippen LogP contribution in [0.2, 0.25) is 5.02 Å². The zero-order valence-corrected chi connectivity index (χ0v) is 12.5. The molecule has 0 aliphatic rings. The average Bonchev–Trinajstić information content (AvgIpc) is 2.87. The van der Waals surface area contributed by atoms with E-state index in [0.29, 0.717) is 6.42 Å². The Morgan fingerprint density at radius 2 is 2.15 bits per heavy atom. The van der Waals surface area contributed by atoms with Gasteiger partial charge in [0.05, 0.1) is 5.02 Å². The summed E-state index contributed by atoms with van der Waals surface area (Å²) >= 11 is 5.84. The molecule has 20 heavy (non-hydrogen) atoms. The second-order valence-corrected chi connectivity index (χ2v) is 5.34. The first-order chi connectivity index (χ1) is 9.52. The van der Waals surface area contributed by atoms with E-state index >= 15 is 0 Å². The van der Waals surface area contributed by atoms with Crippen molar-refractivity contribution >= 4 is 11.6 Å². The van der Waals surface area contributed by atoms with Crippen molar-refractivity contribution in [2.24, 2.45) is 0 Å². The molecular formula is C14H18ClFN4. The number of likely N-dealkylation sites (N-methyl/N-ethyl adjacent to an activating group) is 1. The van der Waals surface area contributed by atoms with Gasteiger partial charge in [-0.25, -0.2) is 14.1 Å². The second-order valence-electron chi connectivity index (χ2n) is 4.93. The van der Waals surface area contributed by atoms with Crippen LogP contribution in [0, 0.1) is 5.82 Å². The zero-order chi connectivity index (χ0) is 14.7. The van der Waals surface area contributed by atoms with Crippen LogP contribution in [0.15, 0.2) is 24.5 Å². The Kier molecular flexibility index (Phi) is 4.73. The first-order valence-electron chi connectivity index (χ1n) is 6.53. The van der Waals surface area contributed by atoms with Crippen molar-refractivity contribution in [2.45, 2.75) is 32.4 Å². The highest BCUT2D eigenvalue weighted by Crippen LogP contribution is 2.23. The number of nitrogens with one attached hydrogen (secondary N) is 1. The van der Waals surface area contributed by atoms with Crippen molar-refractivity contribution in [1.29, 1.82) is 0 Å². The van der Waals surface area contributed by atoms with Gasteiger partial charge in [-0.1, -0.05) is 17.7 Å². The first-order valence-corrected chi connectivity index (χ1v) is 6.91. The predicted molar refractivity (Wildman–Crippen MR) is 77.3 cm³/mol. The number of rotatable bonds is 5. The molecule has 0 bridgehead atoms. The van der Waals surface area contributed by atoms with Gasteiger partial charge < -0.3 is 5.32 Å². The van der Waals surface area contributed by atoms with E-state index < -0.39 is 5.82 Å². The number of aromatic nitrogens is 3. The Morgan fingerprint density at radius 3 is 2.75 bits per heavy atom. The third-order valence-electron chi connectivity index (χ3n) is 3.22. The van der Waals surface area contributed by atoms with E-state index in [9.17, 15) is 4.39 Å². The van der Waals surface area contributed by atoms with E-state index in [4.69, 9.17) is 11.6 Å². The fraction of sp³-hybridized carbons (Fsp3) is 0.429. The predicted octanol–water partition coefficient (Wildman–Crippen LogP) is 3.15. The molecule has 0 saturated carbocycles. The summed E-state index contributed by atoms with van der Waals surface area (Å²) < 4.78 is 15.1. The lowest BCUT2D eigenvalue weighted by Gasteiger charge is -2.18. The average molecular weight is 297 g/mol. The molecule has 0 radical (unpaired) electrons. The van der Waals surface area contributed by atoms with Gasteiger partial charge in [0.1, 0.15) is 18.0 Å². The quantitative estimate of drug-likeness (QED) is 0.921. The van der Waals surface area contributed by atoms with Crippen molar-refractivity contribution in [2.75, 3.05) is 7.05 Å². The van der Waals surface area contributed by atoms with Gasteiger partial charge in [0.25, 0.3) is 0 Å². The van der Waals surface area contributed by atoms with Gasteiger partial charge in [-0.15, -0.1) is 0 Å². The summed E-state index contributed by atoms with van der Waals surface area (Å²) in [5.74, 6) is 0.482. The number of hydrogen-bond donors (Lipinski definition) is 1. The van der Waals surface area contributed by atoms with E-state index in [-0.39, 0.29) is 17.1 Å². The summed E-state index contributed by atoms with van der Waals surface area (Å²) in [6, 6.07) is 5.03. The maximum atomic E-state index is 13.2. The van der Waals surface area contributed by atoms with Crippen LogP contribution in [-0.4, -0.2) is 21.8 Å². The van der Waals surface area contributed by atoms with Crippen molar-refractivity contribution in [3.05, 3.63) is 46.8 Å². The summed E-state index contributed by atoms with van der Waals surface area (Å²) in [6.07, 6.45) is 2.22. The van der Waals surface area contributed by atoms with Crippen LogP contribution in [0.4, 0.5) is 4.39 Å². The fourth-order valence-electron chi connectivity index (χ4n) is 2.15. The van der Waals surface area contributed by atoms with Gasteiger partial charge in [-0.2, -0.15) is 5.10 Å². The minimum absolute atomic E-state index is 0.00907. The third kappa shape index (κ3) is 3.16. The van der Waals surface area contributed by atoms with Gasteiger partial charge in [0, 0.05) is 18.5 Å². The lowest BCUT2D eigenvalue weighted by molar-refractivity contribution is 0.477. The molecule has 0 spiro atoms. The molecule has 6 heteroatoms. The minimum atomic E-state index is -0.407. The molecule has 1 aromatic heterocycles. The van der Waals surface area contributed by atoms with Crippen molar-refractivity contribution < 1.29 is 4.39 Å². The van der Waals surface area contributed by atoms with Crippen molar-refractivity contribution in [3.8, 4) is 0 Å². The highest BCUT2D eigenvalue weighted by molar-refractivity contribution is 6.30. The Morgan fingerprint density at radius 1 is 1.40 bits per heavy atom. The molecule has 0 aliphatic carbocycles. The number of hydrogen-bond acceptors (Lipinski definition) is 3. The van der Waals surface area contributed by atoms with E-state index in [0.717, 1.165) is 11.4 Å². The Hall–Kier alpha value is -1.46. The maximum absolute atomic E-state index is 13.2. The molecule has 1 unspecified atom stereocenters. The number of nitrogens with zero attached hydrogens (tertiary/aromatic N) is 3. The molecule has 2 rings (SSSR count). The molecule has 1 aromatic carbocycles. The summed E-state index contributed by atoms with van der Waals surface area (Å²) in [5, 5.41) is 7.56. The highest BCUT2D eigenvalue weighted by Gasteiger charge is 2.16. The first kappa shape index (κ1) is 14.9. The van der Waals surface area contributed by atoms with Crippen LogP contribution in [0.1, 0.15) is 37.3 Å². The largest absolute Gasteiger partial charge is 0.313 e. The van der Waals surface area contributed by atoms with Gasteiger partial charge in [-0.05, 0) is 38.6 Å². The Bertz CT molecular complexity index is 582. The molecule has 0 aliphatic heterocycles. The van der Waals surface area contributed by atoms with Crippen LogP contribution in [0.25, 0.3) is 0 Å². The molecule has 0 saturated heterocycles. The lowest BCUT2D eigenvalue weighted by atomic mass is 10.0. The van der Waals surface area contributed by atoms with Crippen LogP contribution in [-0.2, 0) is 6.42 Å². The topological polar surface area (TPSA) is 42.7 Å². The molecule has 2 aromatic rings. The van der Waals surface area contributed by atoms with Gasteiger partial charge in [0.15, 0.2) is 0 Å². The zero-order valence-electron chi connectivity index (χ0n) is 11.8. The van der Waals surface area contributed by atoms with Crippen molar-refractivity contribution in [1.82, 2.24) is 20.1 Å². The molecule has 0 fully saturated rings. The Balaban J connectivity index is 2.24. The summed E-state index contributed by atoms with van der Waals surface area (Å²) in [4.78, 5) is 4.30. The van der Waals surface area contributed by atoms with Crippen LogP contribution >= 0.6 is 11.6 Å². The van der Waals surface area contributed by atoms with E-state index in [2.05, 4.69) is 29.2 Å². The summed E-state index contributed by atoms with van der Waals surface area (Å²) in [6.45, 7) is 4.11.